The van der Waals surface area contributed by atoms with E-state index in [2.05, 4.69) is 4.98 Å². The Kier molecular flexibility index (Phi) is 4.98. The summed E-state index contributed by atoms with van der Waals surface area (Å²) in [4.78, 5) is 16.5. The number of anilines is 2. The van der Waals surface area contributed by atoms with Gasteiger partial charge in [0.2, 0.25) is 0 Å². The number of hydrogen-bond donors (Lipinski definition) is 2. The fourth-order valence-electron chi connectivity index (χ4n) is 2.35. The van der Waals surface area contributed by atoms with Gasteiger partial charge in [-0.3, -0.25) is 4.90 Å². The van der Waals surface area contributed by atoms with E-state index in [-0.39, 0.29) is 18.0 Å². The van der Waals surface area contributed by atoms with Crippen LogP contribution in [-0.4, -0.2) is 16.2 Å². The second-order valence-electron chi connectivity index (χ2n) is 5.49. The molecule has 1 amide bonds. The number of carbonyl (C=O) groups is 1. The van der Waals surface area contributed by atoms with Crippen molar-refractivity contribution >= 4 is 17.6 Å². The van der Waals surface area contributed by atoms with Crippen LogP contribution in [0.15, 0.2) is 66.9 Å². The lowest BCUT2D eigenvalue weighted by Gasteiger charge is -2.20. The van der Waals surface area contributed by atoms with E-state index in [1.807, 2.05) is 18.2 Å². The third-order valence-corrected chi connectivity index (χ3v) is 3.63. The molecule has 0 atom stereocenters. The van der Waals surface area contributed by atoms with E-state index in [9.17, 15) is 14.3 Å². The quantitative estimate of drug-likeness (QED) is 0.715. The van der Waals surface area contributed by atoms with Crippen molar-refractivity contribution in [1.82, 2.24) is 4.98 Å². The van der Waals surface area contributed by atoms with Crippen LogP contribution < -0.4 is 15.4 Å². The minimum Gasteiger partial charge on any atom is -0.465 e. The molecule has 0 fully saturated rings. The molecular weight excluding hydrogens is 337 g/mol. The van der Waals surface area contributed by atoms with Crippen LogP contribution >= 0.6 is 0 Å². The molecule has 0 aliphatic rings. The molecule has 0 aliphatic carbocycles. The van der Waals surface area contributed by atoms with Gasteiger partial charge in [-0.15, -0.1) is 0 Å². The second-order valence-corrected chi connectivity index (χ2v) is 5.49. The van der Waals surface area contributed by atoms with E-state index in [1.165, 1.54) is 24.4 Å². The minimum absolute atomic E-state index is 0.0367. The lowest BCUT2D eigenvalue weighted by atomic mass is 10.2. The number of nitrogens with zero attached hydrogens (tertiary/aromatic N) is 2. The topological polar surface area (TPSA) is 88.7 Å². The molecule has 6 nitrogen and oxygen atoms in total. The van der Waals surface area contributed by atoms with E-state index >= 15 is 0 Å². The van der Waals surface area contributed by atoms with Crippen LogP contribution in [0, 0.1) is 5.82 Å². The first-order valence-electron chi connectivity index (χ1n) is 7.76. The zero-order valence-corrected chi connectivity index (χ0v) is 13.7. The fourth-order valence-corrected chi connectivity index (χ4v) is 2.35. The molecule has 132 valence electrons. The van der Waals surface area contributed by atoms with E-state index in [0.717, 1.165) is 16.5 Å². The summed E-state index contributed by atoms with van der Waals surface area (Å²) in [6.07, 6.45) is 0.200. The normalized spacial score (nSPS) is 10.3. The first kappa shape index (κ1) is 17.2. The molecular formula is C19H16FN3O3. The van der Waals surface area contributed by atoms with Crippen molar-refractivity contribution in [2.24, 2.45) is 0 Å². The van der Waals surface area contributed by atoms with Crippen LogP contribution in [0.4, 0.5) is 20.7 Å². The Balaban J connectivity index is 1.82. The van der Waals surface area contributed by atoms with E-state index in [1.54, 1.807) is 18.2 Å². The van der Waals surface area contributed by atoms with Crippen LogP contribution in [0.2, 0.25) is 0 Å². The van der Waals surface area contributed by atoms with Gasteiger partial charge in [0.05, 0.1) is 18.4 Å². The summed E-state index contributed by atoms with van der Waals surface area (Å²) in [5, 5.41) is 9.46. The highest BCUT2D eigenvalue weighted by Crippen LogP contribution is 2.28. The highest BCUT2D eigenvalue weighted by molar-refractivity contribution is 5.86. The van der Waals surface area contributed by atoms with Crippen molar-refractivity contribution in [3.05, 3.63) is 78.2 Å². The predicted octanol–water partition coefficient (Wildman–Crippen LogP) is 4.28. The highest BCUT2D eigenvalue weighted by atomic mass is 19.1. The van der Waals surface area contributed by atoms with Crippen LogP contribution in [0.25, 0.3) is 0 Å². The molecule has 0 radical (unpaired) electrons. The predicted molar refractivity (Wildman–Crippen MR) is 95.8 cm³/mol. The minimum atomic E-state index is -1.18. The number of carboxylic acid groups (broad SMARTS) is 1. The molecule has 0 saturated heterocycles. The van der Waals surface area contributed by atoms with Gasteiger partial charge in [0.25, 0.3) is 0 Å². The summed E-state index contributed by atoms with van der Waals surface area (Å²) in [6, 6.07) is 16.2. The molecule has 2 aromatic carbocycles. The zero-order valence-electron chi connectivity index (χ0n) is 13.7. The highest BCUT2D eigenvalue weighted by Gasteiger charge is 2.17. The summed E-state index contributed by atoms with van der Waals surface area (Å²) < 4.78 is 19.8. The number of ether oxygens (including phenoxy) is 1. The Morgan fingerprint density at radius 3 is 2.54 bits per heavy atom. The Morgan fingerprint density at radius 2 is 1.92 bits per heavy atom. The molecule has 1 aromatic heterocycles. The molecule has 7 heteroatoms. The average Bonchev–Trinajstić information content (AvgIpc) is 2.64. The van der Waals surface area contributed by atoms with Gasteiger partial charge in [-0.25, -0.2) is 14.2 Å². The number of pyridine rings is 1. The molecule has 26 heavy (non-hydrogen) atoms. The second kappa shape index (κ2) is 7.52. The van der Waals surface area contributed by atoms with Gasteiger partial charge in [-0.2, -0.15) is 0 Å². The zero-order chi connectivity index (χ0) is 18.5. The molecule has 0 saturated carbocycles. The number of aromatic nitrogens is 1. The number of benzene rings is 2. The average molecular weight is 353 g/mol. The number of nitrogen functional groups attached to an aromatic ring is 1. The maximum atomic E-state index is 14.4. The molecule has 3 N–H and O–H groups in total. The molecule has 0 spiro atoms. The number of nitrogens with two attached hydrogens (primary N) is 1. The first-order valence-corrected chi connectivity index (χ1v) is 7.76. The summed E-state index contributed by atoms with van der Waals surface area (Å²) >= 11 is 0. The van der Waals surface area contributed by atoms with Crippen molar-refractivity contribution in [1.29, 1.82) is 0 Å². The summed E-state index contributed by atoms with van der Waals surface area (Å²) in [7, 11) is 0. The summed E-state index contributed by atoms with van der Waals surface area (Å²) in [5.74, 6) is -0.0691. The molecule has 0 unspecified atom stereocenters. The monoisotopic (exact) mass is 353 g/mol. The van der Waals surface area contributed by atoms with Crippen molar-refractivity contribution in [3.63, 3.8) is 0 Å². The van der Waals surface area contributed by atoms with Gasteiger partial charge < -0.3 is 15.6 Å². The maximum absolute atomic E-state index is 14.4. The Bertz CT molecular complexity index is 902. The fraction of sp³-hybridized carbons (Fsp3) is 0.0526. The largest absolute Gasteiger partial charge is 0.465 e. The third kappa shape index (κ3) is 4.07. The molecule has 0 aliphatic heterocycles. The molecule has 3 aromatic rings. The van der Waals surface area contributed by atoms with Gasteiger partial charge in [0.15, 0.2) is 11.6 Å². The summed E-state index contributed by atoms with van der Waals surface area (Å²) in [6.45, 7) is 0.109. The van der Waals surface area contributed by atoms with E-state index < -0.39 is 11.9 Å². The lowest BCUT2D eigenvalue weighted by Crippen LogP contribution is -2.28. The van der Waals surface area contributed by atoms with Crippen LogP contribution in [-0.2, 0) is 6.54 Å². The SMILES string of the molecule is Nc1ccc(Oc2ccc(N(Cc3ccccc3)C(=O)O)cc2F)cn1. The van der Waals surface area contributed by atoms with Gasteiger partial charge in [0.1, 0.15) is 11.6 Å². The number of rotatable bonds is 5. The Hall–Kier alpha value is -3.61. The van der Waals surface area contributed by atoms with E-state index in [0.29, 0.717) is 11.6 Å². The van der Waals surface area contributed by atoms with E-state index in [4.69, 9.17) is 10.5 Å². The Labute approximate surface area is 149 Å². The van der Waals surface area contributed by atoms with Crippen molar-refractivity contribution < 1.29 is 19.0 Å². The molecule has 0 bridgehead atoms. The van der Waals surface area contributed by atoms with Gasteiger partial charge in [0, 0.05) is 6.07 Å². The number of amides is 1. The van der Waals surface area contributed by atoms with Gasteiger partial charge in [-0.05, 0) is 29.8 Å². The number of hydrogen-bond acceptors (Lipinski definition) is 4. The van der Waals surface area contributed by atoms with Crippen LogP contribution in [0.5, 0.6) is 11.5 Å². The Morgan fingerprint density at radius 1 is 1.15 bits per heavy atom. The van der Waals surface area contributed by atoms with Gasteiger partial charge >= 0.3 is 6.09 Å². The molecule has 3 rings (SSSR count). The number of halogens is 1. The van der Waals surface area contributed by atoms with Crippen molar-refractivity contribution in [3.8, 4) is 11.5 Å². The smallest absolute Gasteiger partial charge is 0.412 e. The first-order chi connectivity index (χ1) is 12.5. The maximum Gasteiger partial charge on any atom is 0.412 e. The van der Waals surface area contributed by atoms with Crippen molar-refractivity contribution in [2.75, 3.05) is 10.6 Å². The lowest BCUT2D eigenvalue weighted by molar-refractivity contribution is 0.201. The van der Waals surface area contributed by atoms with Gasteiger partial charge in [-0.1, -0.05) is 30.3 Å². The van der Waals surface area contributed by atoms with Crippen LogP contribution in [0.3, 0.4) is 0 Å². The van der Waals surface area contributed by atoms with Crippen molar-refractivity contribution in [2.45, 2.75) is 6.54 Å². The summed E-state index contributed by atoms with van der Waals surface area (Å²) in [5.41, 5.74) is 6.50. The van der Waals surface area contributed by atoms with Crippen LogP contribution in [0.1, 0.15) is 5.56 Å². The molecule has 1 heterocycles. The standard InChI is InChI=1S/C19H16FN3O3/c20-16-10-14(23(19(24)25)12-13-4-2-1-3-5-13)6-8-17(16)26-15-7-9-18(21)22-11-15/h1-11H,12H2,(H2,21,22)(H,24,25). The third-order valence-electron chi connectivity index (χ3n) is 3.63.